The zero-order valence-electron chi connectivity index (χ0n) is 18.2. The third-order valence-corrected chi connectivity index (χ3v) is 6.82. The summed E-state index contributed by atoms with van der Waals surface area (Å²) in [5.74, 6) is -1.08. The number of hydrogen-bond donors (Lipinski definition) is 3. The summed E-state index contributed by atoms with van der Waals surface area (Å²) in [4.78, 5) is 37.8. The fraction of sp³-hybridized carbons (Fsp3) is 0.609. The predicted molar refractivity (Wildman–Crippen MR) is 120 cm³/mol. The highest BCUT2D eigenvalue weighted by atomic mass is 19.1. The van der Waals surface area contributed by atoms with E-state index in [1.165, 1.54) is 12.5 Å². The third kappa shape index (κ3) is 4.57. The number of rotatable bonds is 7. The number of nitrogens with zero attached hydrogens (tertiary/aromatic N) is 2. The van der Waals surface area contributed by atoms with E-state index in [1.54, 1.807) is 16.1 Å². The topological polar surface area (TPSA) is 105 Å². The summed E-state index contributed by atoms with van der Waals surface area (Å²) in [5, 5.41) is 12.1. The molecule has 3 N–H and O–H groups in total. The van der Waals surface area contributed by atoms with Crippen LogP contribution in [0.2, 0.25) is 0 Å². The fourth-order valence-electron chi connectivity index (χ4n) is 5.14. The number of hydrogen-bond acceptors (Lipinski definition) is 5. The van der Waals surface area contributed by atoms with Crippen LogP contribution in [0.4, 0.5) is 10.1 Å². The molecule has 8 nitrogen and oxygen atoms in total. The van der Waals surface area contributed by atoms with Gasteiger partial charge in [-0.05, 0) is 44.2 Å². The van der Waals surface area contributed by atoms with Crippen LogP contribution in [0.5, 0.6) is 0 Å². The highest BCUT2D eigenvalue weighted by molar-refractivity contribution is 5.82. The minimum Gasteiger partial charge on any atom is -0.380 e. The molecule has 0 unspecified atom stereocenters. The molecule has 2 aliphatic rings. The summed E-state index contributed by atoms with van der Waals surface area (Å²) >= 11 is 0. The first-order valence-corrected chi connectivity index (χ1v) is 11.7. The van der Waals surface area contributed by atoms with Gasteiger partial charge in [-0.15, -0.1) is 0 Å². The Morgan fingerprint density at radius 1 is 1.06 bits per heavy atom. The number of hydroxylamine groups is 1. The molecule has 2 fully saturated rings. The van der Waals surface area contributed by atoms with Gasteiger partial charge in [0.05, 0.1) is 16.6 Å². The minimum atomic E-state index is -0.584. The zero-order valence-corrected chi connectivity index (χ0v) is 18.2. The van der Waals surface area contributed by atoms with Gasteiger partial charge in [0.15, 0.2) is 0 Å². The van der Waals surface area contributed by atoms with Gasteiger partial charge in [-0.2, -0.15) is 0 Å². The van der Waals surface area contributed by atoms with Gasteiger partial charge in [-0.3, -0.25) is 23.9 Å². The van der Waals surface area contributed by atoms with Crippen LogP contribution in [-0.4, -0.2) is 26.3 Å². The van der Waals surface area contributed by atoms with Crippen molar-refractivity contribution in [1.29, 1.82) is 0 Å². The number of halogens is 1. The van der Waals surface area contributed by atoms with Gasteiger partial charge in [0.25, 0.3) is 5.56 Å². The van der Waals surface area contributed by atoms with E-state index in [-0.39, 0.29) is 36.9 Å². The first-order chi connectivity index (χ1) is 15.5. The van der Waals surface area contributed by atoms with E-state index in [9.17, 15) is 14.4 Å². The third-order valence-electron chi connectivity index (χ3n) is 6.82. The summed E-state index contributed by atoms with van der Waals surface area (Å²) in [7, 11) is 0. The summed E-state index contributed by atoms with van der Waals surface area (Å²) in [6, 6.07) is 3.03. The standard InChI is InChI=1S/C23H31FN4O4/c24-18-13-17-20(14-19(18)25-15-7-2-1-3-8-15)28(16-9-4-5-10-16)23(31)27(22(17)30)12-6-11-21(29)26-32/h13-16,25,32H,1-12H2,(H,26,29). The van der Waals surface area contributed by atoms with Gasteiger partial charge >= 0.3 is 5.69 Å². The molecule has 2 aromatic rings. The lowest BCUT2D eigenvalue weighted by molar-refractivity contribution is -0.129. The Balaban J connectivity index is 1.78. The van der Waals surface area contributed by atoms with E-state index >= 15 is 4.39 Å². The van der Waals surface area contributed by atoms with Crippen molar-refractivity contribution in [2.75, 3.05) is 5.32 Å². The second-order valence-corrected chi connectivity index (χ2v) is 9.01. The summed E-state index contributed by atoms with van der Waals surface area (Å²) in [6.07, 6.45) is 9.24. The number of fused-ring (bicyclic) bond motifs is 1. The van der Waals surface area contributed by atoms with Crippen molar-refractivity contribution in [3.05, 3.63) is 38.8 Å². The van der Waals surface area contributed by atoms with E-state index in [0.717, 1.165) is 55.9 Å². The molecule has 1 aromatic carbocycles. The maximum absolute atomic E-state index is 15.0. The zero-order chi connectivity index (χ0) is 22.7. The molecule has 9 heteroatoms. The molecule has 4 rings (SSSR count). The molecule has 0 saturated heterocycles. The average Bonchev–Trinajstić information content (AvgIpc) is 3.32. The quantitative estimate of drug-likeness (QED) is 0.446. The van der Waals surface area contributed by atoms with E-state index in [1.807, 2.05) is 0 Å². The van der Waals surface area contributed by atoms with Crippen molar-refractivity contribution < 1.29 is 14.4 Å². The van der Waals surface area contributed by atoms with Crippen molar-refractivity contribution in [3.63, 3.8) is 0 Å². The van der Waals surface area contributed by atoms with Gasteiger partial charge in [-0.25, -0.2) is 14.7 Å². The van der Waals surface area contributed by atoms with Crippen molar-refractivity contribution in [3.8, 4) is 0 Å². The highest BCUT2D eigenvalue weighted by Crippen LogP contribution is 2.32. The van der Waals surface area contributed by atoms with Crippen LogP contribution in [0.1, 0.15) is 76.7 Å². The molecule has 32 heavy (non-hydrogen) atoms. The molecule has 0 aliphatic heterocycles. The van der Waals surface area contributed by atoms with Crippen molar-refractivity contribution in [2.45, 2.75) is 89.3 Å². The molecule has 0 radical (unpaired) electrons. The molecular weight excluding hydrogens is 415 g/mol. The van der Waals surface area contributed by atoms with Gasteiger partial charge in [0, 0.05) is 25.0 Å². The number of nitrogens with one attached hydrogen (secondary N) is 2. The first kappa shape index (κ1) is 22.5. The van der Waals surface area contributed by atoms with Crippen molar-refractivity contribution >= 4 is 22.5 Å². The summed E-state index contributed by atoms with van der Waals surface area (Å²) < 4.78 is 17.8. The van der Waals surface area contributed by atoms with Crippen LogP contribution in [0.15, 0.2) is 21.7 Å². The highest BCUT2D eigenvalue weighted by Gasteiger charge is 2.25. The van der Waals surface area contributed by atoms with Crippen LogP contribution in [0, 0.1) is 5.82 Å². The van der Waals surface area contributed by atoms with Gasteiger partial charge in [0.1, 0.15) is 5.82 Å². The Hall–Kier alpha value is -2.68. The predicted octanol–water partition coefficient (Wildman–Crippen LogP) is 3.45. The Morgan fingerprint density at radius 3 is 2.44 bits per heavy atom. The van der Waals surface area contributed by atoms with E-state index < -0.39 is 23.0 Å². The lowest BCUT2D eigenvalue weighted by Crippen LogP contribution is -2.41. The SMILES string of the molecule is O=C(CCCn1c(=O)c2cc(F)c(NC3CCCCC3)cc2n(C2CCCC2)c1=O)NO. The Morgan fingerprint density at radius 2 is 1.75 bits per heavy atom. The number of amides is 1. The maximum Gasteiger partial charge on any atom is 0.331 e. The number of carbonyl (C=O) groups is 1. The first-order valence-electron chi connectivity index (χ1n) is 11.7. The van der Waals surface area contributed by atoms with E-state index in [2.05, 4.69) is 5.32 Å². The molecule has 1 aromatic heterocycles. The molecule has 1 heterocycles. The Labute approximate surface area is 185 Å². The number of benzene rings is 1. The normalized spacial score (nSPS) is 17.7. The second-order valence-electron chi connectivity index (χ2n) is 9.01. The number of aromatic nitrogens is 2. The number of anilines is 1. The Bertz CT molecular complexity index is 1100. The van der Waals surface area contributed by atoms with Crippen LogP contribution in [0.3, 0.4) is 0 Å². The van der Waals surface area contributed by atoms with Crippen LogP contribution >= 0.6 is 0 Å². The van der Waals surface area contributed by atoms with Gasteiger partial charge in [-0.1, -0.05) is 32.1 Å². The van der Waals surface area contributed by atoms with Gasteiger partial charge in [0.2, 0.25) is 5.91 Å². The molecule has 2 saturated carbocycles. The van der Waals surface area contributed by atoms with E-state index in [0.29, 0.717) is 11.2 Å². The fourth-order valence-corrected chi connectivity index (χ4v) is 5.14. The number of carbonyl (C=O) groups excluding carboxylic acids is 1. The molecular formula is C23H31FN4O4. The lowest BCUT2D eigenvalue weighted by Gasteiger charge is -2.25. The molecule has 1 amide bonds. The molecule has 2 aliphatic carbocycles. The molecule has 0 bridgehead atoms. The average molecular weight is 447 g/mol. The smallest absolute Gasteiger partial charge is 0.331 e. The minimum absolute atomic E-state index is 0.0252. The molecule has 0 spiro atoms. The van der Waals surface area contributed by atoms with Crippen molar-refractivity contribution in [2.24, 2.45) is 0 Å². The largest absolute Gasteiger partial charge is 0.380 e. The summed E-state index contributed by atoms with van der Waals surface area (Å²) in [6.45, 7) is 0.0252. The second kappa shape index (κ2) is 9.85. The molecule has 174 valence electrons. The lowest BCUT2D eigenvalue weighted by atomic mass is 9.95. The van der Waals surface area contributed by atoms with Gasteiger partial charge < -0.3 is 5.32 Å². The van der Waals surface area contributed by atoms with Crippen LogP contribution in [-0.2, 0) is 11.3 Å². The molecule has 0 atom stereocenters. The van der Waals surface area contributed by atoms with Crippen molar-refractivity contribution in [1.82, 2.24) is 14.6 Å². The monoisotopic (exact) mass is 446 g/mol. The van der Waals surface area contributed by atoms with E-state index in [4.69, 9.17) is 5.21 Å². The Kier molecular flexibility index (Phi) is 6.93. The maximum atomic E-state index is 15.0. The van der Waals surface area contributed by atoms with Crippen LogP contribution < -0.4 is 22.0 Å². The van der Waals surface area contributed by atoms with Crippen LogP contribution in [0.25, 0.3) is 10.9 Å². The summed E-state index contributed by atoms with van der Waals surface area (Å²) in [5.41, 5.74) is 1.38.